The fourth-order valence-electron chi connectivity index (χ4n) is 2.41. The van der Waals surface area contributed by atoms with E-state index in [2.05, 4.69) is 11.8 Å². The van der Waals surface area contributed by atoms with Crippen LogP contribution in [0.3, 0.4) is 0 Å². The van der Waals surface area contributed by atoms with Gasteiger partial charge in [-0.2, -0.15) is 0 Å². The largest absolute Gasteiger partial charge is 0.329 e. The van der Waals surface area contributed by atoms with E-state index in [1.54, 1.807) is 0 Å². The molecule has 2 rings (SSSR count). The molecule has 0 aliphatic heterocycles. The lowest BCUT2D eigenvalue weighted by atomic mass is 10.0. The molecule has 2 nitrogen and oxygen atoms in total. The van der Waals surface area contributed by atoms with Gasteiger partial charge >= 0.3 is 0 Å². The Balaban J connectivity index is 2.15. The molecule has 1 unspecified atom stereocenters. The first-order valence-electron chi connectivity index (χ1n) is 6.47. The van der Waals surface area contributed by atoms with E-state index < -0.39 is 0 Å². The molecule has 0 bridgehead atoms. The van der Waals surface area contributed by atoms with Gasteiger partial charge in [0.05, 0.1) is 0 Å². The molecule has 1 fully saturated rings. The van der Waals surface area contributed by atoms with Crippen LogP contribution in [0.4, 0.5) is 4.39 Å². The molecule has 1 aromatic carbocycles. The molecule has 1 saturated carbocycles. The van der Waals surface area contributed by atoms with Crippen molar-refractivity contribution in [2.45, 2.75) is 38.3 Å². The molecule has 0 saturated heterocycles. The lowest BCUT2D eigenvalue weighted by molar-refractivity contribution is 0.191. The van der Waals surface area contributed by atoms with Gasteiger partial charge in [0.2, 0.25) is 0 Å². The van der Waals surface area contributed by atoms with Gasteiger partial charge in [0.15, 0.2) is 0 Å². The smallest absolute Gasteiger partial charge is 0.123 e. The predicted molar refractivity (Wildman–Crippen MR) is 68.2 cm³/mol. The summed E-state index contributed by atoms with van der Waals surface area (Å²) in [6.07, 6.45) is 3.68. The highest BCUT2D eigenvalue weighted by Crippen LogP contribution is 2.34. The normalized spacial score (nSPS) is 17.4. The Labute approximate surface area is 103 Å². The Morgan fingerprint density at radius 2 is 2.00 bits per heavy atom. The summed E-state index contributed by atoms with van der Waals surface area (Å²) < 4.78 is 12.9. The Morgan fingerprint density at radius 3 is 2.47 bits per heavy atom. The van der Waals surface area contributed by atoms with E-state index in [9.17, 15) is 4.39 Å². The highest BCUT2D eigenvalue weighted by Gasteiger charge is 2.33. The summed E-state index contributed by atoms with van der Waals surface area (Å²) in [7, 11) is 0. The highest BCUT2D eigenvalue weighted by atomic mass is 19.1. The molecule has 0 spiro atoms. The van der Waals surface area contributed by atoms with Crippen molar-refractivity contribution in [3.05, 3.63) is 35.6 Å². The summed E-state index contributed by atoms with van der Waals surface area (Å²) in [5.74, 6) is -0.182. The molecule has 17 heavy (non-hydrogen) atoms. The Morgan fingerprint density at radius 1 is 1.35 bits per heavy atom. The minimum absolute atomic E-state index is 0.182. The third-order valence-electron chi connectivity index (χ3n) is 3.38. The summed E-state index contributed by atoms with van der Waals surface area (Å²) in [4.78, 5) is 2.48. The van der Waals surface area contributed by atoms with E-state index in [0.29, 0.717) is 12.6 Å². The first-order valence-corrected chi connectivity index (χ1v) is 6.47. The molecule has 0 amide bonds. The second-order valence-corrected chi connectivity index (χ2v) is 4.77. The standard InChI is InChI=1S/C14H21FN2/c1-2-9-17(13-7-8-13)14(10-16)11-3-5-12(15)6-4-11/h3-6,13-14H,2,7-10,16H2,1H3. The molecule has 1 aliphatic carbocycles. The zero-order valence-corrected chi connectivity index (χ0v) is 10.4. The second-order valence-electron chi connectivity index (χ2n) is 4.77. The van der Waals surface area contributed by atoms with Gasteiger partial charge in [-0.25, -0.2) is 4.39 Å². The minimum atomic E-state index is -0.182. The van der Waals surface area contributed by atoms with Gasteiger partial charge in [-0.15, -0.1) is 0 Å². The highest BCUT2D eigenvalue weighted by molar-refractivity contribution is 5.21. The SMILES string of the molecule is CCCN(C1CC1)C(CN)c1ccc(F)cc1. The van der Waals surface area contributed by atoms with Crippen LogP contribution in [0.2, 0.25) is 0 Å². The van der Waals surface area contributed by atoms with Crippen LogP contribution in [0, 0.1) is 5.82 Å². The third-order valence-corrected chi connectivity index (χ3v) is 3.38. The predicted octanol–water partition coefficient (Wildman–Crippen LogP) is 2.70. The van der Waals surface area contributed by atoms with Crippen molar-refractivity contribution in [3.8, 4) is 0 Å². The third kappa shape index (κ3) is 3.05. The first-order chi connectivity index (χ1) is 8.26. The van der Waals surface area contributed by atoms with Gasteiger partial charge in [0.25, 0.3) is 0 Å². The fraction of sp³-hybridized carbons (Fsp3) is 0.571. The van der Waals surface area contributed by atoms with Crippen LogP contribution in [0.15, 0.2) is 24.3 Å². The Bertz CT molecular complexity index is 346. The van der Waals surface area contributed by atoms with Gasteiger partial charge in [0, 0.05) is 18.6 Å². The summed E-state index contributed by atoms with van der Waals surface area (Å²) in [6, 6.07) is 7.69. The summed E-state index contributed by atoms with van der Waals surface area (Å²) in [5, 5.41) is 0. The van der Waals surface area contributed by atoms with Crippen LogP contribution in [0.25, 0.3) is 0 Å². The van der Waals surface area contributed by atoms with Gasteiger partial charge < -0.3 is 5.73 Å². The van der Waals surface area contributed by atoms with Crippen LogP contribution in [-0.4, -0.2) is 24.0 Å². The van der Waals surface area contributed by atoms with Gasteiger partial charge in [0.1, 0.15) is 5.82 Å². The van der Waals surface area contributed by atoms with Gasteiger partial charge in [-0.1, -0.05) is 19.1 Å². The van der Waals surface area contributed by atoms with E-state index in [-0.39, 0.29) is 11.9 Å². The van der Waals surface area contributed by atoms with Crippen molar-refractivity contribution in [2.24, 2.45) is 5.73 Å². The second kappa shape index (κ2) is 5.61. The van der Waals surface area contributed by atoms with Gasteiger partial charge in [-0.3, -0.25) is 4.90 Å². The quantitative estimate of drug-likeness (QED) is 0.823. The molecule has 1 aliphatic rings. The maximum absolute atomic E-state index is 12.9. The number of hydrogen-bond acceptors (Lipinski definition) is 2. The number of hydrogen-bond donors (Lipinski definition) is 1. The number of nitrogens with zero attached hydrogens (tertiary/aromatic N) is 1. The van der Waals surface area contributed by atoms with Crippen LogP contribution in [0.5, 0.6) is 0 Å². The molecular weight excluding hydrogens is 215 g/mol. The summed E-state index contributed by atoms with van der Waals surface area (Å²) in [6.45, 7) is 3.86. The molecule has 0 radical (unpaired) electrons. The van der Waals surface area contributed by atoms with Crippen molar-refractivity contribution in [3.63, 3.8) is 0 Å². The molecular formula is C14H21FN2. The van der Waals surface area contributed by atoms with E-state index in [1.807, 2.05) is 12.1 Å². The van der Waals surface area contributed by atoms with Crippen molar-refractivity contribution < 1.29 is 4.39 Å². The van der Waals surface area contributed by atoms with E-state index in [1.165, 1.54) is 25.0 Å². The maximum Gasteiger partial charge on any atom is 0.123 e. The van der Waals surface area contributed by atoms with Crippen molar-refractivity contribution >= 4 is 0 Å². The molecule has 0 heterocycles. The average Bonchev–Trinajstić information content (AvgIpc) is 3.15. The van der Waals surface area contributed by atoms with Crippen LogP contribution in [-0.2, 0) is 0 Å². The monoisotopic (exact) mass is 236 g/mol. The Kier molecular flexibility index (Phi) is 4.13. The fourth-order valence-corrected chi connectivity index (χ4v) is 2.41. The first kappa shape index (κ1) is 12.5. The topological polar surface area (TPSA) is 29.3 Å². The summed E-state index contributed by atoms with van der Waals surface area (Å²) in [5.41, 5.74) is 7.04. The Hall–Kier alpha value is -0.930. The average molecular weight is 236 g/mol. The minimum Gasteiger partial charge on any atom is -0.329 e. The van der Waals surface area contributed by atoms with E-state index in [4.69, 9.17) is 5.73 Å². The van der Waals surface area contributed by atoms with Crippen molar-refractivity contribution in [1.82, 2.24) is 4.90 Å². The van der Waals surface area contributed by atoms with Crippen molar-refractivity contribution in [2.75, 3.05) is 13.1 Å². The van der Waals surface area contributed by atoms with E-state index >= 15 is 0 Å². The molecule has 0 aromatic heterocycles. The van der Waals surface area contributed by atoms with Crippen LogP contribution < -0.4 is 5.73 Å². The lowest BCUT2D eigenvalue weighted by Gasteiger charge is -2.31. The number of rotatable bonds is 6. The molecule has 1 atom stereocenters. The van der Waals surface area contributed by atoms with E-state index in [0.717, 1.165) is 18.5 Å². The van der Waals surface area contributed by atoms with Crippen LogP contribution >= 0.6 is 0 Å². The zero-order valence-electron chi connectivity index (χ0n) is 10.4. The molecule has 3 heteroatoms. The molecule has 94 valence electrons. The summed E-state index contributed by atoms with van der Waals surface area (Å²) >= 11 is 0. The van der Waals surface area contributed by atoms with Gasteiger partial charge in [-0.05, 0) is 43.5 Å². The number of nitrogens with two attached hydrogens (primary N) is 1. The maximum atomic E-state index is 12.9. The van der Waals surface area contributed by atoms with Crippen molar-refractivity contribution in [1.29, 1.82) is 0 Å². The number of halogens is 1. The molecule has 1 aromatic rings. The molecule has 2 N–H and O–H groups in total. The number of benzene rings is 1. The lowest BCUT2D eigenvalue weighted by Crippen LogP contribution is -2.36. The zero-order chi connectivity index (χ0) is 12.3. The van der Waals surface area contributed by atoms with Crippen LogP contribution in [0.1, 0.15) is 37.8 Å².